The number of aromatic amines is 1. The second-order valence-electron chi connectivity index (χ2n) is 6.55. The van der Waals surface area contributed by atoms with E-state index in [-0.39, 0.29) is 41.9 Å². The third kappa shape index (κ3) is 4.71. The standard InChI is InChI=1S/C19H21N3O4S.Na.H/c1-13-16(11-27(23)18-21-14-5-3-4-6-15(14)22-18)20-8-7-17(13)24-12-19(2)25-9-10-26-19;;/h3-8H,9-12H2,1-2H3,(H,21,22);;. The Morgan fingerprint density at radius 2 is 2.00 bits per heavy atom. The fourth-order valence-corrected chi connectivity index (χ4v) is 4.04. The van der Waals surface area contributed by atoms with E-state index in [4.69, 9.17) is 14.2 Å². The molecule has 0 saturated carbocycles. The Morgan fingerprint density at radius 1 is 1.25 bits per heavy atom. The van der Waals surface area contributed by atoms with Crippen molar-refractivity contribution in [1.29, 1.82) is 0 Å². The quantitative estimate of drug-likeness (QED) is 0.493. The Labute approximate surface area is 188 Å². The number of hydrogen-bond acceptors (Lipinski definition) is 6. The van der Waals surface area contributed by atoms with Crippen molar-refractivity contribution in [3.63, 3.8) is 0 Å². The summed E-state index contributed by atoms with van der Waals surface area (Å²) in [4.78, 5) is 11.9. The van der Waals surface area contributed by atoms with Crippen molar-refractivity contribution < 1.29 is 18.8 Å². The normalized spacial score (nSPS) is 16.7. The Hall–Kier alpha value is -1.13. The van der Waals surface area contributed by atoms with Crippen LogP contribution in [0.15, 0.2) is 41.7 Å². The molecule has 0 radical (unpaired) electrons. The van der Waals surface area contributed by atoms with Crippen LogP contribution in [0, 0.1) is 6.92 Å². The number of para-hydroxylation sites is 2. The fourth-order valence-electron chi connectivity index (χ4n) is 2.94. The van der Waals surface area contributed by atoms with Crippen molar-refractivity contribution in [3.05, 3.63) is 47.8 Å². The summed E-state index contributed by atoms with van der Waals surface area (Å²) < 4.78 is 29.8. The van der Waals surface area contributed by atoms with Crippen LogP contribution in [0.4, 0.5) is 0 Å². The van der Waals surface area contributed by atoms with Gasteiger partial charge in [0.05, 0.1) is 29.9 Å². The number of nitrogens with zero attached hydrogens (tertiary/aromatic N) is 2. The van der Waals surface area contributed by atoms with Crippen LogP contribution < -0.4 is 4.74 Å². The third-order valence-electron chi connectivity index (χ3n) is 4.50. The summed E-state index contributed by atoms with van der Waals surface area (Å²) in [5, 5.41) is 0.448. The number of aromatic nitrogens is 3. The molecule has 9 heteroatoms. The van der Waals surface area contributed by atoms with E-state index in [0.29, 0.717) is 29.8 Å². The van der Waals surface area contributed by atoms with Crippen molar-refractivity contribution in [2.75, 3.05) is 19.8 Å². The van der Waals surface area contributed by atoms with Crippen LogP contribution in [-0.2, 0) is 26.4 Å². The van der Waals surface area contributed by atoms with Gasteiger partial charge >= 0.3 is 34.7 Å². The molecule has 144 valence electrons. The SMILES string of the molecule is Cc1c(OCC2(C)OCCO2)ccnc1C[S+]([O-])c1nc2ccccc2[nH]1.[NaH]. The summed E-state index contributed by atoms with van der Waals surface area (Å²) in [6.07, 6.45) is 1.66. The molecule has 1 saturated heterocycles. The first-order valence-electron chi connectivity index (χ1n) is 8.72. The van der Waals surface area contributed by atoms with Gasteiger partial charge in [-0.1, -0.05) is 12.1 Å². The van der Waals surface area contributed by atoms with Crippen molar-refractivity contribution in [2.24, 2.45) is 0 Å². The molecule has 0 spiro atoms. The molecule has 0 aliphatic carbocycles. The number of ether oxygens (including phenoxy) is 3. The van der Waals surface area contributed by atoms with E-state index in [0.717, 1.165) is 16.6 Å². The van der Waals surface area contributed by atoms with Crippen LogP contribution in [0.5, 0.6) is 5.75 Å². The van der Waals surface area contributed by atoms with Crippen LogP contribution in [-0.4, -0.2) is 74.7 Å². The summed E-state index contributed by atoms with van der Waals surface area (Å²) in [7, 11) is 0. The van der Waals surface area contributed by atoms with Crippen molar-refractivity contribution in [2.45, 2.75) is 30.5 Å². The Kier molecular flexibility index (Phi) is 7.03. The zero-order valence-electron chi connectivity index (χ0n) is 15.2. The zero-order chi connectivity index (χ0) is 18.9. The van der Waals surface area contributed by atoms with E-state index >= 15 is 0 Å². The molecule has 3 heterocycles. The first kappa shape index (κ1) is 21.6. The van der Waals surface area contributed by atoms with Crippen LogP contribution in [0.2, 0.25) is 0 Å². The van der Waals surface area contributed by atoms with Gasteiger partial charge in [-0.3, -0.25) is 9.97 Å². The predicted octanol–water partition coefficient (Wildman–Crippen LogP) is 2.07. The maximum absolute atomic E-state index is 12.8. The number of fused-ring (bicyclic) bond motifs is 1. The van der Waals surface area contributed by atoms with Gasteiger partial charge < -0.3 is 18.8 Å². The molecular weight excluding hydrogens is 389 g/mol. The molecule has 1 aliphatic heterocycles. The predicted molar refractivity (Wildman–Crippen MR) is 108 cm³/mol. The van der Waals surface area contributed by atoms with Crippen LogP contribution in [0.25, 0.3) is 11.0 Å². The molecule has 3 aromatic rings. The van der Waals surface area contributed by atoms with Crippen molar-refractivity contribution in [1.82, 2.24) is 15.0 Å². The Bertz CT molecular complexity index is 913. The number of nitrogens with one attached hydrogen (secondary N) is 1. The van der Waals surface area contributed by atoms with Crippen molar-refractivity contribution in [3.8, 4) is 5.75 Å². The summed E-state index contributed by atoms with van der Waals surface area (Å²) in [6, 6.07) is 9.41. The van der Waals surface area contributed by atoms with Gasteiger partial charge in [0.15, 0.2) is 11.5 Å². The zero-order valence-corrected chi connectivity index (χ0v) is 16.0. The van der Waals surface area contributed by atoms with Gasteiger partial charge in [0.2, 0.25) is 0 Å². The van der Waals surface area contributed by atoms with E-state index in [2.05, 4.69) is 15.0 Å². The second kappa shape index (κ2) is 9.13. The molecule has 1 fully saturated rings. The molecule has 0 amide bonds. The molecule has 1 unspecified atom stereocenters. The molecule has 1 atom stereocenters. The van der Waals surface area contributed by atoms with E-state index < -0.39 is 17.0 Å². The Balaban J connectivity index is 0.00000225. The maximum atomic E-state index is 12.8. The third-order valence-corrected chi connectivity index (χ3v) is 5.66. The van der Waals surface area contributed by atoms with Gasteiger partial charge in [-0.2, -0.15) is 4.98 Å². The molecule has 28 heavy (non-hydrogen) atoms. The molecular formula is C19H22N3NaO4S. The van der Waals surface area contributed by atoms with Gasteiger partial charge in [-0.05, 0) is 32.0 Å². The number of benzene rings is 1. The molecule has 2 aromatic heterocycles. The molecule has 1 aromatic carbocycles. The number of hydrogen-bond donors (Lipinski definition) is 1. The monoisotopic (exact) mass is 411 g/mol. The molecule has 0 bridgehead atoms. The van der Waals surface area contributed by atoms with Gasteiger partial charge in [-0.25, -0.2) is 0 Å². The van der Waals surface area contributed by atoms with E-state index in [1.54, 1.807) is 12.3 Å². The van der Waals surface area contributed by atoms with E-state index in [1.807, 2.05) is 38.1 Å². The number of rotatable bonds is 6. The minimum absolute atomic E-state index is 0. The van der Waals surface area contributed by atoms with Crippen LogP contribution in [0.3, 0.4) is 0 Å². The topological polar surface area (TPSA) is 92.3 Å². The number of pyridine rings is 1. The van der Waals surface area contributed by atoms with Gasteiger partial charge in [-0.15, -0.1) is 0 Å². The first-order chi connectivity index (χ1) is 13.0. The summed E-state index contributed by atoms with van der Waals surface area (Å²) in [5.41, 5.74) is 3.23. The van der Waals surface area contributed by atoms with Gasteiger partial charge in [0, 0.05) is 22.9 Å². The van der Waals surface area contributed by atoms with Crippen molar-refractivity contribution >= 4 is 51.8 Å². The van der Waals surface area contributed by atoms with Crippen LogP contribution >= 0.6 is 0 Å². The average Bonchev–Trinajstić information content (AvgIpc) is 3.29. The fraction of sp³-hybridized carbons (Fsp3) is 0.368. The molecule has 1 aliphatic rings. The molecule has 4 rings (SSSR count). The second-order valence-corrected chi connectivity index (χ2v) is 7.92. The Morgan fingerprint density at radius 3 is 2.75 bits per heavy atom. The van der Waals surface area contributed by atoms with Crippen LogP contribution in [0.1, 0.15) is 18.2 Å². The van der Waals surface area contributed by atoms with Gasteiger partial charge in [0.1, 0.15) is 12.4 Å². The average molecular weight is 411 g/mol. The van der Waals surface area contributed by atoms with E-state index in [1.165, 1.54) is 0 Å². The summed E-state index contributed by atoms with van der Waals surface area (Å²) in [5.74, 6) is 0.210. The summed E-state index contributed by atoms with van der Waals surface area (Å²) in [6.45, 7) is 5.18. The number of imidazole rings is 1. The molecule has 1 N–H and O–H groups in total. The number of H-pyrrole nitrogens is 1. The van der Waals surface area contributed by atoms with E-state index in [9.17, 15) is 4.55 Å². The minimum atomic E-state index is -1.33. The summed E-state index contributed by atoms with van der Waals surface area (Å²) >= 11 is -1.33. The molecule has 7 nitrogen and oxygen atoms in total. The first-order valence-corrected chi connectivity index (χ1v) is 10.0. The van der Waals surface area contributed by atoms with Gasteiger partial charge in [0.25, 0.3) is 0 Å².